The van der Waals surface area contributed by atoms with Crippen LogP contribution in [0.1, 0.15) is 31.9 Å². The maximum Gasteiger partial charge on any atom is 0.308 e. The Kier molecular flexibility index (Phi) is 6.29. The van der Waals surface area contributed by atoms with E-state index in [0.717, 1.165) is 12.1 Å². The summed E-state index contributed by atoms with van der Waals surface area (Å²) in [5.74, 6) is -0.254. The molecule has 0 spiro atoms. The number of carbonyl (C=O) groups is 1. The minimum absolute atomic E-state index is 0.0544. The Morgan fingerprint density at radius 1 is 1.47 bits per heavy atom. The van der Waals surface area contributed by atoms with Gasteiger partial charge in [0.05, 0.1) is 20.1 Å². The number of carbonyl (C=O) groups excluding carboxylic acids is 1. The van der Waals surface area contributed by atoms with Crippen molar-refractivity contribution in [2.24, 2.45) is 0 Å². The fourth-order valence-electron chi connectivity index (χ4n) is 1.75. The molecule has 0 saturated carbocycles. The normalized spacial score (nSPS) is 12.0. The molecule has 0 aliphatic heterocycles. The third kappa shape index (κ3) is 4.87. The van der Waals surface area contributed by atoms with Crippen molar-refractivity contribution < 1.29 is 18.7 Å². The van der Waals surface area contributed by atoms with Crippen molar-refractivity contribution >= 4 is 5.97 Å². The summed E-state index contributed by atoms with van der Waals surface area (Å²) in [5, 5.41) is 3.24. The van der Waals surface area contributed by atoms with Crippen molar-refractivity contribution in [3.05, 3.63) is 29.6 Å². The topological polar surface area (TPSA) is 47.6 Å². The highest BCUT2D eigenvalue weighted by Crippen LogP contribution is 2.26. The summed E-state index contributed by atoms with van der Waals surface area (Å²) in [4.78, 5) is 11.0. The number of esters is 1. The van der Waals surface area contributed by atoms with E-state index in [1.807, 2.05) is 13.8 Å². The van der Waals surface area contributed by atoms with Gasteiger partial charge < -0.3 is 14.8 Å². The lowest BCUT2D eigenvalue weighted by Crippen LogP contribution is -2.19. The van der Waals surface area contributed by atoms with Crippen LogP contribution in [0, 0.1) is 5.82 Å². The zero-order valence-electron chi connectivity index (χ0n) is 11.5. The van der Waals surface area contributed by atoms with Crippen molar-refractivity contribution in [3.8, 4) is 5.75 Å². The molecule has 106 valence electrons. The van der Waals surface area contributed by atoms with Crippen LogP contribution in [0.15, 0.2) is 18.2 Å². The van der Waals surface area contributed by atoms with Crippen LogP contribution in [0.3, 0.4) is 0 Å². The predicted octanol–water partition coefficient (Wildman–Crippen LogP) is 2.44. The van der Waals surface area contributed by atoms with E-state index in [1.54, 1.807) is 6.07 Å². The van der Waals surface area contributed by atoms with Gasteiger partial charge in [0.2, 0.25) is 0 Å². The van der Waals surface area contributed by atoms with Crippen LogP contribution in [0.2, 0.25) is 0 Å². The quantitative estimate of drug-likeness (QED) is 0.772. The molecule has 1 rings (SSSR count). The molecular weight excluding hydrogens is 249 g/mol. The van der Waals surface area contributed by atoms with Gasteiger partial charge in [-0.2, -0.15) is 0 Å². The molecule has 1 unspecified atom stereocenters. The van der Waals surface area contributed by atoms with E-state index in [-0.39, 0.29) is 30.9 Å². The van der Waals surface area contributed by atoms with Crippen molar-refractivity contribution in [1.82, 2.24) is 5.32 Å². The third-order valence-electron chi connectivity index (χ3n) is 2.74. The summed E-state index contributed by atoms with van der Waals surface area (Å²) in [7, 11) is 1.32. The van der Waals surface area contributed by atoms with E-state index < -0.39 is 0 Å². The van der Waals surface area contributed by atoms with Crippen LogP contribution in [0.5, 0.6) is 5.75 Å². The van der Waals surface area contributed by atoms with E-state index in [1.165, 1.54) is 19.2 Å². The van der Waals surface area contributed by atoms with Crippen LogP contribution in [-0.2, 0) is 9.53 Å². The Morgan fingerprint density at radius 2 is 2.21 bits per heavy atom. The van der Waals surface area contributed by atoms with Crippen LogP contribution >= 0.6 is 0 Å². The molecule has 19 heavy (non-hydrogen) atoms. The first kappa shape index (κ1) is 15.4. The molecule has 0 aliphatic rings. The number of rotatable bonds is 7. The summed E-state index contributed by atoms with van der Waals surface area (Å²) in [5.41, 5.74) is 0.869. The van der Waals surface area contributed by atoms with Crippen LogP contribution in [0.4, 0.5) is 4.39 Å². The summed E-state index contributed by atoms with van der Waals surface area (Å²) in [6.07, 6.45) is 0.141. The maximum atomic E-state index is 13.3. The first-order valence-electron chi connectivity index (χ1n) is 6.31. The van der Waals surface area contributed by atoms with Crippen molar-refractivity contribution in [1.29, 1.82) is 0 Å². The van der Waals surface area contributed by atoms with E-state index >= 15 is 0 Å². The average molecular weight is 269 g/mol. The fourth-order valence-corrected chi connectivity index (χ4v) is 1.75. The second-order valence-electron chi connectivity index (χ2n) is 4.14. The summed E-state index contributed by atoms with van der Waals surface area (Å²) >= 11 is 0. The molecule has 0 amide bonds. The van der Waals surface area contributed by atoms with E-state index in [4.69, 9.17) is 4.74 Å². The largest absolute Gasteiger partial charge is 0.493 e. The zero-order chi connectivity index (χ0) is 14.3. The van der Waals surface area contributed by atoms with Gasteiger partial charge in [-0.25, -0.2) is 4.39 Å². The molecule has 0 saturated heterocycles. The molecule has 0 aliphatic carbocycles. The maximum absolute atomic E-state index is 13.3. The molecule has 0 heterocycles. The Labute approximate surface area is 112 Å². The predicted molar refractivity (Wildman–Crippen MR) is 70.6 cm³/mol. The second kappa shape index (κ2) is 7.74. The molecule has 1 N–H and O–H groups in total. The summed E-state index contributed by atoms with van der Waals surface area (Å²) in [6.45, 7) is 4.95. The number of methoxy groups -OCH3 is 1. The monoisotopic (exact) mass is 269 g/mol. The second-order valence-corrected chi connectivity index (χ2v) is 4.14. The lowest BCUT2D eigenvalue weighted by Gasteiger charge is -2.17. The highest BCUT2D eigenvalue weighted by atomic mass is 19.1. The highest BCUT2D eigenvalue weighted by molar-refractivity contribution is 5.69. The molecule has 4 nitrogen and oxygen atoms in total. The fraction of sp³-hybridized carbons (Fsp3) is 0.500. The van der Waals surface area contributed by atoms with E-state index in [0.29, 0.717) is 5.75 Å². The number of hydrogen-bond acceptors (Lipinski definition) is 4. The van der Waals surface area contributed by atoms with Gasteiger partial charge >= 0.3 is 5.97 Å². The Balaban J connectivity index is 2.73. The van der Waals surface area contributed by atoms with Gasteiger partial charge in [-0.3, -0.25) is 4.79 Å². The molecule has 0 fully saturated rings. The molecule has 0 aromatic heterocycles. The number of nitrogens with one attached hydrogen (secondary N) is 1. The Hall–Kier alpha value is -1.62. The lowest BCUT2D eigenvalue weighted by molar-refractivity contribution is -0.141. The molecule has 5 heteroatoms. The smallest absolute Gasteiger partial charge is 0.308 e. The van der Waals surface area contributed by atoms with Gasteiger partial charge in [-0.15, -0.1) is 0 Å². The number of hydrogen-bond donors (Lipinski definition) is 1. The highest BCUT2D eigenvalue weighted by Gasteiger charge is 2.12. The minimum atomic E-state index is -0.361. The zero-order valence-corrected chi connectivity index (χ0v) is 11.5. The summed E-state index contributed by atoms with van der Waals surface area (Å²) < 4.78 is 23.3. The molecule has 0 bridgehead atoms. The molecule has 0 radical (unpaired) electrons. The Morgan fingerprint density at radius 3 is 2.84 bits per heavy atom. The molecular formula is C14H20FNO3. The average Bonchev–Trinajstić information content (AvgIpc) is 2.38. The van der Waals surface area contributed by atoms with E-state index in [9.17, 15) is 9.18 Å². The Bertz CT molecular complexity index is 423. The van der Waals surface area contributed by atoms with Gasteiger partial charge in [0, 0.05) is 17.7 Å². The SMILES string of the molecule is CCNC(C)c1ccc(F)cc1OCCC(=O)OC. The van der Waals surface area contributed by atoms with Gasteiger partial charge in [0.25, 0.3) is 0 Å². The van der Waals surface area contributed by atoms with E-state index in [2.05, 4.69) is 10.1 Å². The van der Waals surface area contributed by atoms with Gasteiger partial charge in [-0.05, 0) is 19.5 Å². The number of halogens is 1. The minimum Gasteiger partial charge on any atom is -0.493 e. The molecule has 1 atom stereocenters. The molecule has 1 aromatic carbocycles. The third-order valence-corrected chi connectivity index (χ3v) is 2.74. The van der Waals surface area contributed by atoms with Gasteiger partial charge in [0.1, 0.15) is 11.6 Å². The summed E-state index contributed by atoms with van der Waals surface area (Å²) in [6, 6.07) is 4.48. The molecule has 1 aromatic rings. The van der Waals surface area contributed by atoms with Crippen LogP contribution in [0.25, 0.3) is 0 Å². The van der Waals surface area contributed by atoms with Gasteiger partial charge in [-0.1, -0.05) is 13.0 Å². The lowest BCUT2D eigenvalue weighted by atomic mass is 10.1. The van der Waals surface area contributed by atoms with Gasteiger partial charge in [0.15, 0.2) is 0 Å². The van der Waals surface area contributed by atoms with Crippen molar-refractivity contribution in [2.75, 3.05) is 20.3 Å². The van der Waals surface area contributed by atoms with Crippen LogP contribution in [-0.4, -0.2) is 26.2 Å². The number of benzene rings is 1. The number of ether oxygens (including phenoxy) is 2. The van der Waals surface area contributed by atoms with Crippen molar-refractivity contribution in [2.45, 2.75) is 26.3 Å². The van der Waals surface area contributed by atoms with Crippen LogP contribution < -0.4 is 10.1 Å². The first-order chi connectivity index (χ1) is 9.08. The van der Waals surface area contributed by atoms with Crippen molar-refractivity contribution in [3.63, 3.8) is 0 Å². The standard InChI is InChI=1S/C14H20FNO3/c1-4-16-10(2)12-6-5-11(15)9-13(12)19-8-7-14(17)18-3/h5-6,9-10,16H,4,7-8H2,1-3H3. The first-order valence-corrected chi connectivity index (χ1v) is 6.31.